The van der Waals surface area contributed by atoms with Gasteiger partial charge in [-0.1, -0.05) is 109 Å². The minimum atomic E-state index is 0.569. The molecule has 0 aliphatic rings. The Hall–Kier alpha value is -8.39. The molecule has 298 valence electrons. The molecule has 0 fully saturated rings. The second kappa shape index (κ2) is 13.6. The quantitative estimate of drug-likeness (QED) is 0.173. The van der Waals surface area contributed by atoms with Crippen molar-refractivity contribution in [2.75, 3.05) is 0 Å². The van der Waals surface area contributed by atoms with Crippen LogP contribution in [0.1, 0.15) is 0 Å². The average Bonchev–Trinajstić information content (AvgIpc) is 4.12. The van der Waals surface area contributed by atoms with Crippen LogP contribution >= 0.6 is 11.3 Å². The Kier molecular flexibility index (Phi) is 7.46. The van der Waals surface area contributed by atoms with E-state index in [1.165, 1.54) is 30.9 Å². The molecule has 0 aliphatic heterocycles. The van der Waals surface area contributed by atoms with Crippen molar-refractivity contribution < 1.29 is 8.83 Å². The summed E-state index contributed by atoms with van der Waals surface area (Å²) in [6.45, 7) is 0. The van der Waals surface area contributed by atoms with Gasteiger partial charge in [-0.3, -0.25) is 0 Å². The number of fused-ring (bicyclic) bond motifs is 13. The lowest BCUT2D eigenvalue weighted by Crippen LogP contribution is -2.02. The van der Waals surface area contributed by atoms with Gasteiger partial charge in [0.25, 0.3) is 0 Å². The molecule has 6 nitrogen and oxygen atoms in total. The average molecular weight is 837 g/mol. The van der Waals surface area contributed by atoms with Gasteiger partial charge in [0.05, 0.1) is 11.0 Å². The molecule has 0 unspecified atom stereocenters. The van der Waals surface area contributed by atoms with Crippen molar-refractivity contribution in [3.8, 4) is 51.0 Å². The van der Waals surface area contributed by atoms with Gasteiger partial charge in [-0.2, -0.15) is 0 Å². The van der Waals surface area contributed by atoms with Gasteiger partial charge in [-0.25, -0.2) is 15.0 Å². The van der Waals surface area contributed by atoms with E-state index in [1.807, 2.05) is 72.0 Å². The number of aromatic nitrogens is 4. The van der Waals surface area contributed by atoms with Gasteiger partial charge in [0.1, 0.15) is 22.3 Å². The van der Waals surface area contributed by atoms with Crippen LogP contribution in [-0.2, 0) is 0 Å². The minimum absolute atomic E-state index is 0.569. The van der Waals surface area contributed by atoms with E-state index in [-0.39, 0.29) is 0 Å². The fourth-order valence-electron chi connectivity index (χ4n) is 9.67. The monoisotopic (exact) mass is 836 g/mol. The Labute approximate surface area is 368 Å². The molecule has 0 amide bonds. The van der Waals surface area contributed by atoms with Crippen molar-refractivity contribution in [3.63, 3.8) is 0 Å². The molecule has 64 heavy (non-hydrogen) atoms. The van der Waals surface area contributed by atoms with Crippen molar-refractivity contribution in [1.82, 2.24) is 19.5 Å². The number of thiophene rings is 1. The lowest BCUT2D eigenvalue weighted by atomic mass is 10.0. The Morgan fingerprint density at radius 3 is 1.58 bits per heavy atom. The lowest BCUT2D eigenvalue weighted by Gasteiger charge is -2.14. The lowest BCUT2D eigenvalue weighted by molar-refractivity contribution is 0.668. The van der Waals surface area contributed by atoms with E-state index in [0.29, 0.717) is 17.5 Å². The third-order valence-corrected chi connectivity index (χ3v) is 13.8. The predicted molar refractivity (Wildman–Crippen MR) is 263 cm³/mol. The molecular formula is C57H32N4O2S. The number of hydrogen-bond donors (Lipinski definition) is 0. The summed E-state index contributed by atoms with van der Waals surface area (Å²) in [5, 5.41) is 9.16. The largest absolute Gasteiger partial charge is 0.456 e. The second-order valence-electron chi connectivity index (χ2n) is 16.3. The van der Waals surface area contributed by atoms with E-state index in [4.69, 9.17) is 23.8 Å². The van der Waals surface area contributed by atoms with Crippen molar-refractivity contribution >= 4 is 97.2 Å². The zero-order valence-corrected chi connectivity index (χ0v) is 34.8. The first kappa shape index (κ1) is 35.2. The Morgan fingerprint density at radius 1 is 0.344 bits per heavy atom. The molecule has 5 heterocycles. The van der Waals surface area contributed by atoms with Gasteiger partial charge >= 0.3 is 0 Å². The predicted octanol–water partition coefficient (Wildman–Crippen LogP) is 15.8. The molecule has 0 spiro atoms. The van der Waals surface area contributed by atoms with Crippen LogP contribution in [0.3, 0.4) is 0 Å². The summed E-state index contributed by atoms with van der Waals surface area (Å²) < 4.78 is 17.5. The molecule has 0 aliphatic carbocycles. The molecule has 0 saturated heterocycles. The maximum atomic E-state index is 6.24. The molecule has 0 saturated carbocycles. The third kappa shape index (κ3) is 5.35. The molecule has 0 atom stereocenters. The van der Waals surface area contributed by atoms with Gasteiger partial charge < -0.3 is 13.4 Å². The normalized spacial score (nSPS) is 12.1. The van der Waals surface area contributed by atoms with Crippen LogP contribution in [0.2, 0.25) is 0 Å². The number of hydrogen-bond acceptors (Lipinski definition) is 6. The zero-order chi connectivity index (χ0) is 41.9. The summed E-state index contributed by atoms with van der Waals surface area (Å²) in [5.74, 6) is 1.71. The van der Waals surface area contributed by atoms with Crippen LogP contribution in [0, 0.1) is 0 Å². The van der Waals surface area contributed by atoms with Crippen LogP contribution in [0.4, 0.5) is 0 Å². The van der Waals surface area contributed by atoms with Crippen LogP contribution in [0.5, 0.6) is 0 Å². The van der Waals surface area contributed by atoms with Crippen LogP contribution in [0.25, 0.3) is 137 Å². The van der Waals surface area contributed by atoms with Crippen LogP contribution in [0.15, 0.2) is 203 Å². The molecular weight excluding hydrogens is 805 g/mol. The van der Waals surface area contributed by atoms with Crippen molar-refractivity contribution in [1.29, 1.82) is 0 Å². The number of rotatable bonds is 5. The van der Waals surface area contributed by atoms with Gasteiger partial charge in [0, 0.05) is 74.9 Å². The Morgan fingerprint density at radius 2 is 0.891 bits per heavy atom. The first-order valence-electron chi connectivity index (χ1n) is 21.3. The molecule has 0 bridgehead atoms. The Bertz CT molecular complexity index is 4080. The summed E-state index contributed by atoms with van der Waals surface area (Å²) in [4.78, 5) is 15.9. The fraction of sp³-hybridized carbons (Fsp3) is 0. The van der Waals surface area contributed by atoms with Crippen molar-refractivity contribution in [2.45, 2.75) is 0 Å². The highest BCUT2D eigenvalue weighted by Crippen LogP contribution is 2.44. The summed E-state index contributed by atoms with van der Waals surface area (Å²) in [5.41, 5.74) is 11.4. The van der Waals surface area contributed by atoms with Gasteiger partial charge in [0.15, 0.2) is 17.5 Å². The van der Waals surface area contributed by atoms with E-state index >= 15 is 0 Å². The summed E-state index contributed by atoms with van der Waals surface area (Å²) in [6, 6.07) is 68.0. The van der Waals surface area contributed by atoms with Crippen molar-refractivity contribution in [3.05, 3.63) is 194 Å². The van der Waals surface area contributed by atoms with Crippen LogP contribution in [-0.4, -0.2) is 19.5 Å². The van der Waals surface area contributed by atoms with E-state index < -0.39 is 0 Å². The smallest absolute Gasteiger partial charge is 0.164 e. The number of nitrogens with zero attached hydrogens (tertiary/aromatic N) is 4. The van der Waals surface area contributed by atoms with Gasteiger partial charge in [-0.15, -0.1) is 11.3 Å². The first-order chi connectivity index (χ1) is 31.7. The SMILES string of the molecule is c1ccc(-c2cc(-c3nc(-c4ccc5oc6ccccc6c5c4)nc(-c4ccc5oc6ccccc6c5c4)n3)cc(-n3c4ccccc4c4c5sc6ccccc6c5ccc43)c2)cc1. The highest BCUT2D eigenvalue weighted by atomic mass is 32.1. The van der Waals surface area contributed by atoms with Gasteiger partial charge in [0.2, 0.25) is 0 Å². The van der Waals surface area contributed by atoms with Gasteiger partial charge in [-0.05, 0) is 96.1 Å². The summed E-state index contributed by atoms with van der Waals surface area (Å²) >= 11 is 1.86. The maximum Gasteiger partial charge on any atom is 0.164 e. The fourth-order valence-corrected chi connectivity index (χ4v) is 10.9. The van der Waals surface area contributed by atoms with E-state index in [1.54, 1.807) is 0 Å². The number of furan rings is 2. The Balaban J connectivity index is 1.03. The maximum absolute atomic E-state index is 6.24. The summed E-state index contributed by atoms with van der Waals surface area (Å²) in [7, 11) is 0. The van der Waals surface area contributed by atoms with E-state index in [0.717, 1.165) is 88.4 Å². The van der Waals surface area contributed by atoms with E-state index in [9.17, 15) is 0 Å². The highest BCUT2D eigenvalue weighted by Gasteiger charge is 2.21. The van der Waals surface area contributed by atoms with E-state index in [2.05, 4.69) is 138 Å². The zero-order valence-electron chi connectivity index (χ0n) is 34.0. The molecule has 0 radical (unpaired) electrons. The van der Waals surface area contributed by atoms with Crippen molar-refractivity contribution in [2.24, 2.45) is 0 Å². The molecule has 0 N–H and O–H groups in total. The molecule has 9 aromatic carbocycles. The number of para-hydroxylation sites is 3. The molecule has 14 rings (SSSR count). The third-order valence-electron chi connectivity index (χ3n) is 12.6. The second-order valence-corrected chi connectivity index (χ2v) is 17.4. The number of benzene rings is 9. The topological polar surface area (TPSA) is 69.9 Å². The van der Waals surface area contributed by atoms with Crippen LogP contribution < -0.4 is 0 Å². The minimum Gasteiger partial charge on any atom is -0.456 e. The molecule has 14 aromatic rings. The highest BCUT2D eigenvalue weighted by molar-refractivity contribution is 7.26. The molecule has 5 aromatic heterocycles. The standard InChI is InChI=1S/C57H32N4O2S/c1-2-12-33(13-3-1)36-28-37(30-38(29-36)61-46-18-8-4-17-43(46)53-47(61)25-24-42-41-16-7-11-21-52(41)64-54(42)53)57-59-55(34-22-26-50-44(31-34)39-14-5-9-19-48(39)62-50)58-56(60-57)35-23-27-51-45(32-35)40-15-6-10-20-49(40)63-51/h1-32H. The molecule has 7 heteroatoms. The summed E-state index contributed by atoms with van der Waals surface area (Å²) in [6.07, 6.45) is 0. The first-order valence-corrected chi connectivity index (χ1v) is 22.1.